The van der Waals surface area contributed by atoms with E-state index in [1.54, 1.807) is 17.8 Å². The second-order valence-corrected chi connectivity index (χ2v) is 8.29. The number of nitrogens with zero attached hydrogens (tertiary/aromatic N) is 2. The van der Waals surface area contributed by atoms with Crippen LogP contribution in [0, 0.1) is 0 Å². The molecule has 0 saturated carbocycles. The monoisotopic (exact) mass is 405 g/mol. The van der Waals surface area contributed by atoms with Crippen LogP contribution in [0.4, 0.5) is 0 Å². The van der Waals surface area contributed by atoms with Crippen molar-refractivity contribution in [2.75, 3.05) is 0 Å². The molecule has 3 rings (SSSR count). The van der Waals surface area contributed by atoms with Crippen molar-refractivity contribution in [1.29, 1.82) is 0 Å². The molecular formula is C20H21Cl2N3S. The Hall–Kier alpha value is -1.46. The Balaban J connectivity index is 2.07. The minimum atomic E-state index is 0.287. The third-order valence-electron chi connectivity index (χ3n) is 3.99. The van der Waals surface area contributed by atoms with Crippen molar-refractivity contribution in [2.24, 2.45) is 5.73 Å². The van der Waals surface area contributed by atoms with Crippen LogP contribution in [0.1, 0.15) is 36.8 Å². The van der Waals surface area contributed by atoms with Crippen LogP contribution in [-0.4, -0.2) is 9.55 Å². The molecule has 0 aliphatic rings. The standard InChI is InChI=1S/C20H21Cl2N3S/c1-13(2)19-20(26-17-9-15(21)8-16(22)10-17)25(18(11-23)24-19)12-14-6-4-3-5-7-14/h3-10,13H,11-12,23H2,1-2H3. The van der Waals surface area contributed by atoms with Gasteiger partial charge in [0.2, 0.25) is 0 Å². The maximum atomic E-state index is 6.18. The number of hydrogen-bond donors (Lipinski definition) is 1. The van der Waals surface area contributed by atoms with Crippen molar-refractivity contribution in [3.63, 3.8) is 0 Å². The average Bonchev–Trinajstić information content (AvgIpc) is 2.93. The number of halogens is 2. The molecule has 0 saturated heterocycles. The summed E-state index contributed by atoms with van der Waals surface area (Å²) in [5.41, 5.74) is 8.25. The fourth-order valence-corrected chi connectivity index (χ4v) is 4.69. The molecule has 26 heavy (non-hydrogen) atoms. The van der Waals surface area contributed by atoms with Crippen molar-refractivity contribution in [3.8, 4) is 0 Å². The molecule has 3 nitrogen and oxygen atoms in total. The molecule has 0 radical (unpaired) electrons. The summed E-state index contributed by atoms with van der Waals surface area (Å²) < 4.78 is 2.20. The highest BCUT2D eigenvalue weighted by atomic mass is 35.5. The summed E-state index contributed by atoms with van der Waals surface area (Å²) in [4.78, 5) is 5.80. The number of rotatable bonds is 6. The first-order valence-corrected chi connectivity index (χ1v) is 10.0. The van der Waals surface area contributed by atoms with E-state index in [1.165, 1.54) is 5.56 Å². The minimum absolute atomic E-state index is 0.287. The normalized spacial score (nSPS) is 11.3. The third kappa shape index (κ3) is 4.44. The van der Waals surface area contributed by atoms with Crippen LogP contribution in [0.15, 0.2) is 58.5 Å². The molecule has 0 unspecified atom stereocenters. The van der Waals surface area contributed by atoms with Crippen molar-refractivity contribution in [2.45, 2.75) is 42.8 Å². The Morgan fingerprint density at radius 1 is 1.08 bits per heavy atom. The number of benzene rings is 2. The SMILES string of the molecule is CC(C)c1nc(CN)n(Cc2ccccc2)c1Sc1cc(Cl)cc(Cl)c1. The smallest absolute Gasteiger partial charge is 0.124 e. The quantitative estimate of drug-likeness (QED) is 0.548. The molecule has 0 bridgehead atoms. The lowest BCUT2D eigenvalue weighted by molar-refractivity contribution is 0.668. The lowest BCUT2D eigenvalue weighted by atomic mass is 10.1. The zero-order valence-corrected chi connectivity index (χ0v) is 17.1. The molecule has 6 heteroatoms. The largest absolute Gasteiger partial charge is 0.324 e. The summed E-state index contributed by atoms with van der Waals surface area (Å²) in [6.45, 7) is 5.40. The molecular weight excluding hydrogens is 385 g/mol. The molecule has 0 aliphatic carbocycles. The van der Waals surface area contributed by atoms with Crippen molar-refractivity contribution in [3.05, 3.63) is 75.7 Å². The lowest BCUT2D eigenvalue weighted by Crippen LogP contribution is -2.10. The summed E-state index contributed by atoms with van der Waals surface area (Å²) in [5.74, 6) is 1.17. The number of aromatic nitrogens is 2. The highest BCUT2D eigenvalue weighted by Gasteiger charge is 2.20. The fraction of sp³-hybridized carbons (Fsp3) is 0.250. The van der Waals surface area contributed by atoms with E-state index in [0.717, 1.165) is 28.0 Å². The molecule has 136 valence electrons. The van der Waals surface area contributed by atoms with E-state index in [-0.39, 0.29) is 5.92 Å². The molecule has 2 aromatic carbocycles. The van der Waals surface area contributed by atoms with Crippen LogP contribution in [0.2, 0.25) is 10.0 Å². The Kier molecular flexibility index (Phi) is 6.30. The van der Waals surface area contributed by atoms with E-state index >= 15 is 0 Å². The minimum Gasteiger partial charge on any atom is -0.324 e. The van der Waals surface area contributed by atoms with Gasteiger partial charge in [0, 0.05) is 21.5 Å². The first-order valence-electron chi connectivity index (χ1n) is 8.45. The Morgan fingerprint density at radius 3 is 2.31 bits per heavy atom. The molecule has 0 atom stereocenters. The molecule has 0 fully saturated rings. The van der Waals surface area contributed by atoms with Crippen LogP contribution in [-0.2, 0) is 13.1 Å². The van der Waals surface area contributed by atoms with E-state index < -0.39 is 0 Å². The van der Waals surface area contributed by atoms with Crippen LogP contribution in [0.5, 0.6) is 0 Å². The van der Waals surface area contributed by atoms with E-state index in [4.69, 9.17) is 33.9 Å². The van der Waals surface area contributed by atoms with Gasteiger partial charge in [0.1, 0.15) is 10.9 Å². The molecule has 0 amide bonds. The summed E-state index contributed by atoms with van der Waals surface area (Å²) in [6.07, 6.45) is 0. The van der Waals surface area contributed by atoms with Crippen molar-refractivity contribution >= 4 is 35.0 Å². The molecule has 1 heterocycles. The Morgan fingerprint density at radius 2 is 1.73 bits per heavy atom. The van der Waals surface area contributed by atoms with Gasteiger partial charge in [0.25, 0.3) is 0 Å². The van der Waals surface area contributed by atoms with Crippen LogP contribution < -0.4 is 5.73 Å². The third-order valence-corrected chi connectivity index (χ3v) is 5.52. The van der Waals surface area contributed by atoms with Crippen LogP contribution in [0.25, 0.3) is 0 Å². The number of nitrogens with two attached hydrogens (primary N) is 1. The second-order valence-electron chi connectivity index (χ2n) is 6.36. The van der Waals surface area contributed by atoms with Crippen molar-refractivity contribution < 1.29 is 0 Å². The van der Waals surface area contributed by atoms with E-state index in [0.29, 0.717) is 16.6 Å². The van der Waals surface area contributed by atoms with E-state index in [2.05, 4.69) is 30.5 Å². The topological polar surface area (TPSA) is 43.8 Å². The second kappa shape index (κ2) is 8.49. The molecule has 1 aromatic heterocycles. The van der Waals surface area contributed by atoms with Gasteiger partial charge >= 0.3 is 0 Å². The van der Waals surface area contributed by atoms with Gasteiger partial charge in [-0.3, -0.25) is 0 Å². The van der Waals surface area contributed by atoms with Gasteiger partial charge in [0.15, 0.2) is 0 Å². The molecule has 0 spiro atoms. The Labute approximate surface area is 168 Å². The van der Waals surface area contributed by atoms with Crippen LogP contribution >= 0.6 is 35.0 Å². The first kappa shape index (κ1) is 19.3. The van der Waals surface area contributed by atoms with Gasteiger partial charge in [0.05, 0.1) is 12.2 Å². The van der Waals surface area contributed by atoms with Gasteiger partial charge in [-0.1, -0.05) is 79.1 Å². The lowest BCUT2D eigenvalue weighted by Gasteiger charge is -2.13. The number of hydrogen-bond acceptors (Lipinski definition) is 3. The number of imidazole rings is 1. The summed E-state index contributed by atoms with van der Waals surface area (Å²) >= 11 is 14.0. The summed E-state index contributed by atoms with van der Waals surface area (Å²) in [6, 6.07) is 15.9. The zero-order valence-electron chi connectivity index (χ0n) is 14.7. The zero-order chi connectivity index (χ0) is 18.7. The van der Waals surface area contributed by atoms with Gasteiger partial charge < -0.3 is 10.3 Å². The Bertz CT molecular complexity index is 871. The van der Waals surface area contributed by atoms with Gasteiger partial charge in [-0.2, -0.15) is 0 Å². The maximum Gasteiger partial charge on any atom is 0.124 e. The van der Waals surface area contributed by atoms with E-state index in [1.807, 2.05) is 30.3 Å². The average molecular weight is 406 g/mol. The maximum absolute atomic E-state index is 6.18. The predicted octanol–water partition coefficient (Wildman–Crippen LogP) is 5.97. The molecule has 3 aromatic rings. The summed E-state index contributed by atoms with van der Waals surface area (Å²) in [5, 5.41) is 2.33. The molecule has 0 aliphatic heterocycles. The fourth-order valence-electron chi connectivity index (χ4n) is 2.77. The van der Waals surface area contributed by atoms with Gasteiger partial charge in [-0.25, -0.2) is 4.98 Å². The summed E-state index contributed by atoms with van der Waals surface area (Å²) in [7, 11) is 0. The van der Waals surface area contributed by atoms with Gasteiger partial charge in [-0.15, -0.1) is 0 Å². The first-order chi connectivity index (χ1) is 12.5. The highest BCUT2D eigenvalue weighted by molar-refractivity contribution is 7.99. The van der Waals surface area contributed by atoms with E-state index in [9.17, 15) is 0 Å². The molecule has 2 N–H and O–H groups in total. The predicted molar refractivity (Wildman–Crippen MR) is 110 cm³/mol. The highest BCUT2D eigenvalue weighted by Crippen LogP contribution is 2.37. The van der Waals surface area contributed by atoms with Crippen LogP contribution in [0.3, 0.4) is 0 Å². The van der Waals surface area contributed by atoms with Crippen molar-refractivity contribution in [1.82, 2.24) is 9.55 Å². The van der Waals surface area contributed by atoms with Gasteiger partial charge in [-0.05, 0) is 29.7 Å².